The molecule has 20 heavy (non-hydrogen) atoms. The first-order valence-electron chi connectivity index (χ1n) is 6.96. The van der Waals surface area contributed by atoms with Gasteiger partial charge in [-0.05, 0) is 60.2 Å². The molecule has 2 heterocycles. The Kier molecular flexibility index (Phi) is 3.83. The third kappa shape index (κ3) is 3.25. The number of nitrogens with one attached hydrogen (secondary N) is 1. The van der Waals surface area contributed by atoms with Crippen LogP contribution in [0, 0.1) is 12.8 Å². The molecule has 104 valence electrons. The van der Waals surface area contributed by atoms with Gasteiger partial charge in [-0.2, -0.15) is 11.3 Å². The number of nitrogens with zero attached hydrogens (tertiary/aromatic N) is 1. The first-order valence-corrected chi connectivity index (χ1v) is 7.90. The van der Waals surface area contributed by atoms with Crippen molar-refractivity contribution in [3.63, 3.8) is 0 Å². The highest BCUT2D eigenvalue weighted by Crippen LogP contribution is 2.40. The van der Waals surface area contributed by atoms with Gasteiger partial charge in [-0.1, -0.05) is 6.07 Å². The number of aromatic nitrogens is 1. The molecule has 0 aromatic carbocycles. The molecule has 1 aliphatic carbocycles. The van der Waals surface area contributed by atoms with Crippen LogP contribution < -0.4 is 5.32 Å². The van der Waals surface area contributed by atoms with E-state index in [0.717, 1.165) is 17.0 Å². The maximum absolute atomic E-state index is 12.2. The first kappa shape index (κ1) is 13.3. The van der Waals surface area contributed by atoms with Gasteiger partial charge in [0.25, 0.3) is 0 Å². The number of rotatable bonds is 5. The molecule has 0 saturated heterocycles. The minimum absolute atomic E-state index is 0.0704. The molecular formula is C16H18N2OS. The molecule has 0 radical (unpaired) electrons. The zero-order valence-electron chi connectivity index (χ0n) is 11.5. The minimum Gasteiger partial charge on any atom is -0.347 e. The molecule has 0 aliphatic heterocycles. The van der Waals surface area contributed by atoms with Gasteiger partial charge in [0.15, 0.2) is 0 Å². The van der Waals surface area contributed by atoms with Gasteiger partial charge >= 0.3 is 0 Å². The number of pyridine rings is 1. The summed E-state index contributed by atoms with van der Waals surface area (Å²) in [5, 5.41) is 7.19. The highest BCUT2D eigenvalue weighted by molar-refractivity contribution is 7.07. The SMILES string of the molecule is Cc1cccc(C(NC(=O)Cc2ccsc2)C2CC2)n1. The summed E-state index contributed by atoms with van der Waals surface area (Å²) in [6.45, 7) is 1.99. The number of carbonyl (C=O) groups is 1. The highest BCUT2D eigenvalue weighted by Gasteiger charge is 2.34. The van der Waals surface area contributed by atoms with E-state index in [1.165, 1.54) is 12.8 Å². The van der Waals surface area contributed by atoms with E-state index in [2.05, 4.69) is 10.3 Å². The quantitative estimate of drug-likeness (QED) is 0.916. The standard InChI is InChI=1S/C16H18N2OS/c1-11-3-2-4-14(17-11)16(13-5-6-13)18-15(19)9-12-7-8-20-10-12/h2-4,7-8,10,13,16H,5-6,9H2,1H3,(H,18,19). The molecule has 0 bridgehead atoms. The molecule has 2 aromatic heterocycles. The van der Waals surface area contributed by atoms with Crippen molar-refractivity contribution >= 4 is 17.2 Å². The Morgan fingerprint density at radius 2 is 2.30 bits per heavy atom. The fourth-order valence-corrected chi connectivity index (χ4v) is 3.07. The fourth-order valence-electron chi connectivity index (χ4n) is 2.40. The average molecular weight is 286 g/mol. The van der Waals surface area contributed by atoms with E-state index in [1.807, 2.05) is 41.9 Å². The number of hydrogen-bond donors (Lipinski definition) is 1. The van der Waals surface area contributed by atoms with E-state index in [0.29, 0.717) is 12.3 Å². The summed E-state index contributed by atoms with van der Waals surface area (Å²) >= 11 is 1.63. The van der Waals surface area contributed by atoms with E-state index < -0.39 is 0 Å². The van der Waals surface area contributed by atoms with E-state index in [-0.39, 0.29) is 11.9 Å². The largest absolute Gasteiger partial charge is 0.347 e. The van der Waals surface area contributed by atoms with Crippen LogP contribution in [0.2, 0.25) is 0 Å². The lowest BCUT2D eigenvalue weighted by Gasteiger charge is -2.18. The van der Waals surface area contributed by atoms with Crippen LogP contribution in [0.5, 0.6) is 0 Å². The van der Waals surface area contributed by atoms with Crippen molar-refractivity contribution in [1.82, 2.24) is 10.3 Å². The summed E-state index contributed by atoms with van der Waals surface area (Å²) in [7, 11) is 0. The smallest absolute Gasteiger partial charge is 0.224 e. The number of amides is 1. The molecule has 1 saturated carbocycles. The van der Waals surface area contributed by atoms with Gasteiger partial charge in [-0.25, -0.2) is 0 Å². The molecule has 0 spiro atoms. The Bertz CT molecular complexity index is 590. The third-order valence-corrected chi connectivity index (χ3v) is 4.32. The van der Waals surface area contributed by atoms with Gasteiger partial charge in [0.2, 0.25) is 5.91 Å². The van der Waals surface area contributed by atoms with E-state index in [1.54, 1.807) is 11.3 Å². The van der Waals surface area contributed by atoms with E-state index in [9.17, 15) is 4.79 Å². The van der Waals surface area contributed by atoms with Crippen LogP contribution in [0.25, 0.3) is 0 Å². The van der Waals surface area contributed by atoms with Crippen LogP contribution in [-0.2, 0) is 11.2 Å². The zero-order valence-corrected chi connectivity index (χ0v) is 12.3. The van der Waals surface area contributed by atoms with Crippen molar-refractivity contribution < 1.29 is 4.79 Å². The molecule has 1 amide bonds. The third-order valence-electron chi connectivity index (χ3n) is 3.58. The zero-order chi connectivity index (χ0) is 13.9. The molecule has 3 nitrogen and oxygen atoms in total. The number of thiophene rings is 1. The van der Waals surface area contributed by atoms with Crippen LogP contribution in [0.4, 0.5) is 0 Å². The predicted octanol–water partition coefficient (Wildman–Crippen LogP) is 3.26. The summed E-state index contributed by atoms with van der Waals surface area (Å²) in [4.78, 5) is 16.7. The molecule has 1 N–H and O–H groups in total. The van der Waals surface area contributed by atoms with E-state index in [4.69, 9.17) is 0 Å². The summed E-state index contributed by atoms with van der Waals surface area (Å²) in [5.74, 6) is 0.638. The van der Waals surface area contributed by atoms with Crippen molar-refractivity contribution in [1.29, 1.82) is 0 Å². The first-order chi connectivity index (χ1) is 9.72. The minimum atomic E-state index is 0.0704. The topological polar surface area (TPSA) is 42.0 Å². The number of hydrogen-bond acceptors (Lipinski definition) is 3. The predicted molar refractivity (Wildman–Crippen MR) is 80.6 cm³/mol. The summed E-state index contributed by atoms with van der Waals surface area (Å²) in [6.07, 6.45) is 2.82. The Morgan fingerprint density at radius 1 is 1.45 bits per heavy atom. The van der Waals surface area contributed by atoms with Crippen molar-refractivity contribution in [2.45, 2.75) is 32.2 Å². The Balaban J connectivity index is 1.70. The lowest BCUT2D eigenvalue weighted by Crippen LogP contribution is -2.31. The van der Waals surface area contributed by atoms with Gasteiger partial charge in [-0.15, -0.1) is 0 Å². The van der Waals surface area contributed by atoms with Crippen LogP contribution in [0.3, 0.4) is 0 Å². The maximum atomic E-state index is 12.2. The molecule has 1 unspecified atom stereocenters. The lowest BCUT2D eigenvalue weighted by atomic mass is 10.1. The van der Waals surface area contributed by atoms with Crippen LogP contribution >= 0.6 is 11.3 Å². The number of aryl methyl sites for hydroxylation is 1. The van der Waals surface area contributed by atoms with Gasteiger partial charge in [-0.3, -0.25) is 9.78 Å². The van der Waals surface area contributed by atoms with Crippen LogP contribution in [0.1, 0.15) is 35.8 Å². The fraction of sp³-hybridized carbons (Fsp3) is 0.375. The second-order valence-corrected chi connectivity index (χ2v) is 6.17. The Labute approximate surface area is 123 Å². The van der Waals surface area contributed by atoms with Gasteiger partial charge in [0, 0.05) is 5.69 Å². The molecule has 1 atom stereocenters. The molecule has 1 aliphatic rings. The van der Waals surface area contributed by atoms with Gasteiger partial charge < -0.3 is 5.32 Å². The van der Waals surface area contributed by atoms with E-state index >= 15 is 0 Å². The second-order valence-electron chi connectivity index (χ2n) is 5.39. The molecule has 4 heteroatoms. The summed E-state index contributed by atoms with van der Waals surface area (Å²) in [6, 6.07) is 8.09. The van der Waals surface area contributed by atoms with Crippen molar-refractivity contribution in [2.24, 2.45) is 5.92 Å². The molecule has 2 aromatic rings. The highest BCUT2D eigenvalue weighted by atomic mass is 32.1. The lowest BCUT2D eigenvalue weighted by molar-refractivity contribution is -0.121. The Morgan fingerprint density at radius 3 is 2.95 bits per heavy atom. The maximum Gasteiger partial charge on any atom is 0.224 e. The molecule has 1 fully saturated rings. The molecule has 3 rings (SSSR count). The molecular weight excluding hydrogens is 268 g/mol. The van der Waals surface area contributed by atoms with Crippen molar-refractivity contribution in [3.8, 4) is 0 Å². The average Bonchev–Trinajstić information content (AvgIpc) is 3.14. The summed E-state index contributed by atoms with van der Waals surface area (Å²) in [5.41, 5.74) is 3.07. The van der Waals surface area contributed by atoms with Crippen LogP contribution in [-0.4, -0.2) is 10.9 Å². The monoisotopic (exact) mass is 286 g/mol. The van der Waals surface area contributed by atoms with Crippen LogP contribution in [0.15, 0.2) is 35.0 Å². The Hall–Kier alpha value is -1.68. The van der Waals surface area contributed by atoms with Gasteiger partial charge in [0.05, 0.1) is 18.2 Å². The van der Waals surface area contributed by atoms with Crippen molar-refractivity contribution in [2.75, 3.05) is 0 Å². The second kappa shape index (κ2) is 5.75. The number of carbonyl (C=O) groups excluding carboxylic acids is 1. The summed E-state index contributed by atoms with van der Waals surface area (Å²) < 4.78 is 0. The van der Waals surface area contributed by atoms with Gasteiger partial charge in [0.1, 0.15) is 0 Å². The van der Waals surface area contributed by atoms with Crippen molar-refractivity contribution in [3.05, 3.63) is 52.0 Å². The normalized spacial score (nSPS) is 15.8.